The van der Waals surface area contributed by atoms with E-state index in [-0.39, 0.29) is 11.9 Å². The van der Waals surface area contributed by atoms with Crippen LogP contribution in [0.25, 0.3) is 0 Å². The minimum atomic E-state index is -0.315. The van der Waals surface area contributed by atoms with Gasteiger partial charge in [0.1, 0.15) is 0 Å². The van der Waals surface area contributed by atoms with Gasteiger partial charge in [0.15, 0.2) is 11.6 Å². The molecule has 0 atom stereocenters. The van der Waals surface area contributed by atoms with E-state index in [0.29, 0.717) is 11.6 Å². The maximum Gasteiger partial charge on any atom is 0.165 e. The molecule has 0 radical (unpaired) electrons. The molecule has 1 saturated carbocycles. The third-order valence-electron chi connectivity index (χ3n) is 1.97. The molecule has 1 aliphatic carbocycles. The van der Waals surface area contributed by atoms with Crippen LogP contribution in [0.15, 0.2) is 18.2 Å². The Balaban J connectivity index is 2.15. The molecular weight excluding hydrogens is 191 g/mol. The molecule has 2 rings (SSSR count). The second-order valence-corrected chi connectivity index (χ2v) is 3.48. The van der Waals surface area contributed by atoms with Gasteiger partial charge in [0.05, 0.1) is 6.10 Å². The van der Waals surface area contributed by atoms with E-state index in [2.05, 4.69) is 0 Å². The van der Waals surface area contributed by atoms with Crippen LogP contribution >= 0.6 is 11.6 Å². The Morgan fingerprint density at radius 2 is 2.23 bits per heavy atom. The van der Waals surface area contributed by atoms with Crippen molar-refractivity contribution >= 4 is 11.6 Å². The number of hydrogen-bond donors (Lipinski definition) is 0. The molecule has 70 valence electrons. The fraction of sp³-hybridized carbons (Fsp3) is 0.400. The van der Waals surface area contributed by atoms with Gasteiger partial charge in [0.25, 0.3) is 0 Å². The van der Waals surface area contributed by atoms with Gasteiger partial charge in [-0.05, 0) is 30.5 Å². The third kappa shape index (κ3) is 2.13. The van der Waals surface area contributed by atoms with E-state index in [9.17, 15) is 4.39 Å². The number of hydrogen-bond acceptors (Lipinski definition) is 1. The Labute approximate surface area is 81.5 Å². The van der Waals surface area contributed by atoms with Gasteiger partial charge in [0, 0.05) is 5.88 Å². The summed E-state index contributed by atoms with van der Waals surface area (Å²) < 4.78 is 18.6. The molecule has 0 aliphatic heterocycles. The Morgan fingerprint density at radius 1 is 1.46 bits per heavy atom. The van der Waals surface area contributed by atoms with Crippen LogP contribution < -0.4 is 4.74 Å². The van der Waals surface area contributed by atoms with Gasteiger partial charge in [-0.25, -0.2) is 4.39 Å². The number of ether oxygens (including phenoxy) is 1. The molecule has 1 fully saturated rings. The first kappa shape index (κ1) is 8.82. The van der Waals surface area contributed by atoms with Crippen LogP contribution in [0.4, 0.5) is 4.39 Å². The Hall–Kier alpha value is -0.760. The molecule has 1 aliphatic rings. The standard InChI is InChI=1S/C10H10ClFO/c11-6-7-1-4-10(9(12)5-7)13-8-2-3-8/h1,4-5,8H,2-3,6H2. The summed E-state index contributed by atoms with van der Waals surface area (Å²) in [6, 6.07) is 4.85. The van der Waals surface area contributed by atoms with Crippen molar-refractivity contribution in [2.24, 2.45) is 0 Å². The molecule has 0 aromatic heterocycles. The fourth-order valence-corrected chi connectivity index (χ4v) is 1.25. The summed E-state index contributed by atoms with van der Waals surface area (Å²) in [7, 11) is 0. The largest absolute Gasteiger partial charge is 0.487 e. The van der Waals surface area contributed by atoms with E-state index in [1.54, 1.807) is 12.1 Å². The zero-order valence-electron chi connectivity index (χ0n) is 7.09. The molecule has 0 N–H and O–H groups in total. The van der Waals surface area contributed by atoms with Crippen molar-refractivity contribution in [2.45, 2.75) is 24.8 Å². The first-order chi connectivity index (χ1) is 6.29. The van der Waals surface area contributed by atoms with Crippen molar-refractivity contribution in [1.82, 2.24) is 0 Å². The SMILES string of the molecule is Fc1cc(CCl)ccc1OC1CC1. The highest BCUT2D eigenvalue weighted by Gasteiger charge is 2.24. The second-order valence-electron chi connectivity index (χ2n) is 3.22. The lowest BCUT2D eigenvalue weighted by molar-refractivity contribution is 0.287. The molecule has 1 aromatic carbocycles. The zero-order valence-corrected chi connectivity index (χ0v) is 7.85. The summed E-state index contributed by atoms with van der Waals surface area (Å²) >= 11 is 5.56. The minimum absolute atomic E-state index is 0.233. The lowest BCUT2D eigenvalue weighted by Gasteiger charge is -2.05. The molecule has 1 aromatic rings. The van der Waals surface area contributed by atoms with Gasteiger partial charge >= 0.3 is 0 Å². The van der Waals surface area contributed by atoms with Gasteiger partial charge < -0.3 is 4.74 Å². The quantitative estimate of drug-likeness (QED) is 0.682. The molecule has 1 nitrogen and oxygen atoms in total. The van der Waals surface area contributed by atoms with Crippen LogP contribution in [0.1, 0.15) is 18.4 Å². The van der Waals surface area contributed by atoms with E-state index in [1.165, 1.54) is 6.07 Å². The highest BCUT2D eigenvalue weighted by Crippen LogP contribution is 2.28. The van der Waals surface area contributed by atoms with Crippen molar-refractivity contribution in [3.63, 3.8) is 0 Å². The highest BCUT2D eigenvalue weighted by molar-refractivity contribution is 6.17. The maximum atomic E-state index is 13.2. The second kappa shape index (κ2) is 3.54. The molecule has 0 bridgehead atoms. The van der Waals surface area contributed by atoms with E-state index in [1.807, 2.05) is 0 Å². The summed E-state index contributed by atoms with van der Waals surface area (Å²) in [6.45, 7) is 0. The topological polar surface area (TPSA) is 9.23 Å². The van der Waals surface area contributed by atoms with E-state index < -0.39 is 0 Å². The van der Waals surface area contributed by atoms with Gasteiger partial charge in [0.2, 0.25) is 0 Å². The molecule has 3 heteroatoms. The van der Waals surface area contributed by atoms with E-state index in [4.69, 9.17) is 16.3 Å². The molecular formula is C10H10ClFO. The molecule has 0 heterocycles. The van der Waals surface area contributed by atoms with Crippen LogP contribution in [0.2, 0.25) is 0 Å². The lowest BCUT2D eigenvalue weighted by atomic mass is 10.2. The van der Waals surface area contributed by atoms with Crippen LogP contribution in [0.3, 0.4) is 0 Å². The first-order valence-electron chi connectivity index (χ1n) is 4.30. The molecule has 0 spiro atoms. The summed E-state index contributed by atoms with van der Waals surface area (Å²) in [4.78, 5) is 0. The van der Waals surface area contributed by atoms with Crippen LogP contribution in [-0.4, -0.2) is 6.10 Å². The van der Waals surface area contributed by atoms with E-state index >= 15 is 0 Å². The first-order valence-corrected chi connectivity index (χ1v) is 4.84. The maximum absolute atomic E-state index is 13.2. The summed E-state index contributed by atoms with van der Waals surface area (Å²) in [5.41, 5.74) is 0.780. The van der Waals surface area contributed by atoms with Crippen molar-refractivity contribution in [1.29, 1.82) is 0 Å². The summed E-state index contributed by atoms with van der Waals surface area (Å²) in [6.07, 6.45) is 2.31. The number of alkyl halides is 1. The van der Waals surface area contributed by atoms with Crippen molar-refractivity contribution in [3.8, 4) is 5.75 Å². The Morgan fingerprint density at radius 3 is 2.77 bits per heavy atom. The van der Waals surface area contributed by atoms with Crippen LogP contribution in [0.5, 0.6) is 5.75 Å². The van der Waals surface area contributed by atoms with Crippen LogP contribution in [-0.2, 0) is 5.88 Å². The van der Waals surface area contributed by atoms with Crippen molar-refractivity contribution in [3.05, 3.63) is 29.6 Å². The smallest absolute Gasteiger partial charge is 0.165 e. The number of rotatable bonds is 3. The van der Waals surface area contributed by atoms with E-state index in [0.717, 1.165) is 18.4 Å². The van der Waals surface area contributed by atoms with Crippen molar-refractivity contribution in [2.75, 3.05) is 0 Å². The third-order valence-corrected chi connectivity index (χ3v) is 2.28. The summed E-state index contributed by atoms with van der Waals surface area (Å²) in [5.74, 6) is 0.363. The molecule has 0 saturated heterocycles. The zero-order chi connectivity index (χ0) is 9.26. The van der Waals surface area contributed by atoms with Gasteiger partial charge in [-0.1, -0.05) is 6.07 Å². The normalized spacial score (nSPS) is 15.8. The average molecular weight is 201 g/mol. The Bertz CT molecular complexity index is 310. The molecule has 13 heavy (non-hydrogen) atoms. The molecule has 0 amide bonds. The number of benzene rings is 1. The monoisotopic (exact) mass is 200 g/mol. The molecule has 0 unspecified atom stereocenters. The predicted molar refractivity (Wildman–Crippen MR) is 49.6 cm³/mol. The van der Waals surface area contributed by atoms with Crippen LogP contribution in [0, 0.1) is 5.82 Å². The average Bonchev–Trinajstić information content (AvgIpc) is 2.92. The predicted octanol–water partition coefficient (Wildman–Crippen LogP) is 3.11. The minimum Gasteiger partial charge on any atom is -0.487 e. The highest BCUT2D eigenvalue weighted by atomic mass is 35.5. The fourth-order valence-electron chi connectivity index (χ4n) is 1.09. The van der Waals surface area contributed by atoms with Crippen molar-refractivity contribution < 1.29 is 9.13 Å². The lowest BCUT2D eigenvalue weighted by Crippen LogP contribution is -1.98. The van der Waals surface area contributed by atoms with Gasteiger partial charge in [-0.3, -0.25) is 0 Å². The summed E-state index contributed by atoms with van der Waals surface area (Å²) in [5, 5.41) is 0. The number of halogens is 2. The van der Waals surface area contributed by atoms with Gasteiger partial charge in [-0.15, -0.1) is 11.6 Å². The van der Waals surface area contributed by atoms with Gasteiger partial charge in [-0.2, -0.15) is 0 Å². The Kier molecular flexibility index (Phi) is 2.40.